The first kappa shape index (κ1) is 25.1. The zero-order valence-electron chi connectivity index (χ0n) is 21.2. The van der Waals surface area contributed by atoms with E-state index in [0.717, 1.165) is 44.1 Å². The molecule has 10 nitrogen and oxygen atoms in total. The molecule has 1 amide bonds. The lowest BCUT2D eigenvalue weighted by Gasteiger charge is -2.29. The van der Waals surface area contributed by atoms with Gasteiger partial charge in [-0.2, -0.15) is 9.97 Å². The summed E-state index contributed by atoms with van der Waals surface area (Å²) in [5.41, 5.74) is 2.12. The molecule has 11 heteroatoms. The summed E-state index contributed by atoms with van der Waals surface area (Å²) in [6.07, 6.45) is 7.83. The van der Waals surface area contributed by atoms with Gasteiger partial charge in [0.25, 0.3) is 0 Å². The number of halogens is 1. The summed E-state index contributed by atoms with van der Waals surface area (Å²) >= 11 is 6.39. The number of fused-ring (bicyclic) bond motifs is 1. The minimum Gasteiger partial charge on any atom is -0.459 e. The van der Waals surface area contributed by atoms with Crippen molar-refractivity contribution in [1.29, 1.82) is 0 Å². The van der Waals surface area contributed by atoms with Gasteiger partial charge in [-0.25, -0.2) is 9.78 Å². The minimum absolute atomic E-state index is 0.0857. The average Bonchev–Trinajstić information content (AvgIpc) is 3.50. The molecule has 0 bridgehead atoms. The van der Waals surface area contributed by atoms with Crippen molar-refractivity contribution < 1.29 is 19.1 Å². The van der Waals surface area contributed by atoms with Gasteiger partial charge < -0.3 is 19.3 Å². The number of carbonyl (C=O) groups excluding carboxylic acids is 2. The number of benzene rings is 1. The monoisotopic (exact) mass is 538 g/mol. The topological polar surface area (TPSA) is 103 Å². The van der Waals surface area contributed by atoms with E-state index in [1.165, 1.54) is 0 Å². The zero-order chi connectivity index (χ0) is 26.1. The number of aromatic nitrogens is 4. The van der Waals surface area contributed by atoms with Crippen molar-refractivity contribution in [3.05, 3.63) is 47.5 Å². The lowest BCUT2D eigenvalue weighted by Crippen LogP contribution is -2.47. The van der Waals surface area contributed by atoms with E-state index in [9.17, 15) is 9.59 Å². The summed E-state index contributed by atoms with van der Waals surface area (Å²) in [5, 5.41) is 0.103. The summed E-state index contributed by atoms with van der Waals surface area (Å²) < 4.78 is 13.4. The first-order valence-corrected chi connectivity index (χ1v) is 13.7. The molecule has 3 aromatic rings. The number of esters is 1. The molecule has 0 spiro atoms. The number of carbonyl (C=O) groups is 2. The van der Waals surface area contributed by atoms with Crippen molar-refractivity contribution >= 4 is 40.5 Å². The molecule has 4 heterocycles. The van der Waals surface area contributed by atoms with Gasteiger partial charge in [0.05, 0.1) is 12.9 Å². The van der Waals surface area contributed by atoms with E-state index in [1.54, 1.807) is 11.2 Å². The molecule has 1 aromatic carbocycles. The summed E-state index contributed by atoms with van der Waals surface area (Å²) in [4.78, 5) is 43.7. The van der Waals surface area contributed by atoms with Gasteiger partial charge in [-0.05, 0) is 62.1 Å². The molecule has 2 aromatic heterocycles. The van der Waals surface area contributed by atoms with Crippen LogP contribution in [0.3, 0.4) is 0 Å². The Bertz CT molecular complexity index is 1310. The highest BCUT2D eigenvalue weighted by molar-refractivity contribution is 6.28. The maximum Gasteiger partial charge on any atom is 0.329 e. The van der Waals surface area contributed by atoms with Crippen LogP contribution in [0.4, 0.5) is 5.82 Å². The molecule has 0 radical (unpaired) electrons. The predicted molar refractivity (Wildman–Crippen MR) is 141 cm³/mol. The number of rotatable bonds is 8. The number of hydrogen-bond acceptors (Lipinski definition) is 8. The minimum atomic E-state index is -0.580. The molecule has 2 aliphatic heterocycles. The first-order valence-electron chi connectivity index (χ1n) is 13.4. The fourth-order valence-corrected chi connectivity index (χ4v) is 5.52. The standard InChI is InChI=1S/C27H31ClN6O4/c28-27-30-24(23-25(31-27)34(17-29-23)22-10-4-5-14-37-22)33(19-11-12-19)15-21(35)32-13-6-9-20(32)26(36)38-16-18-7-2-1-3-8-18/h1-3,7-8,17,19-20,22H,4-6,9-16H2/t20-,22?/m0/s1. The molecule has 1 aliphatic carbocycles. The highest BCUT2D eigenvalue weighted by Gasteiger charge is 2.39. The van der Waals surface area contributed by atoms with E-state index < -0.39 is 6.04 Å². The summed E-state index contributed by atoms with van der Waals surface area (Å²) in [6, 6.07) is 9.13. The molecule has 2 atom stereocenters. The van der Waals surface area contributed by atoms with Crippen molar-refractivity contribution in [1.82, 2.24) is 24.4 Å². The second-order valence-corrected chi connectivity index (χ2v) is 10.5. The van der Waals surface area contributed by atoms with Gasteiger partial charge in [-0.15, -0.1) is 0 Å². The molecular formula is C27H31ClN6O4. The van der Waals surface area contributed by atoms with Crippen LogP contribution in [-0.2, 0) is 25.7 Å². The third-order valence-electron chi connectivity index (χ3n) is 7.48. The summed E-state index contributed by atoms with van der Waals surface area (Å²) in [6.45, 7) is 1.50. The van der Waals surface area contributed by atoms with Crippen molar-refractivity contribution in [2.45, 2.75) is 69.9 Å². The van der Waals surface area contributed by atoms with E-state index in [1.807, 2.05) is 39.8 Å². The van der Waals surface area contributed by atoms with Crippen LogP contribution in [0.2, 0.25) is 5.28 Å². The van der Waals surface area contributed by atoms with Crippen LogP contribution in [-0.4, -0.2) is 68.1 Å². The number of anilines is 1. The van der Waals surface area contributed by atoms with Crippen LogP contribution in [0, 0.1) is 0 Å². The SMILES string of the molecule is O=C(OCc1ccccc1)[C@@H]1CCCN1C(=O)CN(c1nc(Cl)nc2c1ncn2C1CCCCO1)C1CC1. The molecule has 1 unspecified atom stereocenters. The van der Waals surface area contributed by atoms with E-state index in [2.05, 4.69) is 15.0 Å². The van der Waals surface area contributed by atoms with Crippen molar-refractivity contribution in [3.8, 4) is 0 Å². The quantitative estimate of drug-likeness (QED) is 0.314. The van der Waals surface area contributed by atoms with E-state index in [-0.39, 0.29) is 42.6 Å². The van der Waals surface area contributed by atoms with Gasteiger partial charge >= 0.3 is 5.97 Å². The third kappa shape index (κ3) is 5.19. The molecule has 3 aliphatic rings. The smallest absolute Gasteiger partial charge is 0.329 e. The third-order valence-corrected chi connectivity index (χ3v) is 7.65. The Morgan fingerprint density at radius 2 is 1.92 bits per heavy atom. The Morgan fingerprint density at radius 1 is 1.08 bits per heavy atom. The molecule has 6 rings (SSSR count). The molecule has 1 saturated carbocycles. The van der Waals surface area contributed by atoms with Crippen LogP contribution in [0.1, 0.15) is 56.7 Å². The number of hydrogen-bond donors (Lipinski definition) is 0. The van der Waals surface area contributed by atoms with Gasteiger partial charge in [0, 0.05) is 19.2 Å². The van der Waals surface area contributed by atoms with E-state index in [4.69, 9.17) is 21.1 Å². The molecule has 2 saturated heterocycles. The Labute approximate surface area is 225 Å². The Balaban J connectivity index is 1.20. The Kier molecular flexibility index (Phi) is 7.16. The number of ether oxygens (including phenoxy) is 2. The lowest BCUT2D eigenvalue weighted by molar-refractivity contribution is -0.154. The van der Waals surface area contributed by atoms with Crippen LogP contribution in [0.25, 0.3) is 11.2 Å². The average molecular weight is 539 g/mol. The van der Waals surface area contributed by atoms with Crippen molar-refractivity contribution in [3.63, 3.8) is 0 Å². The second-order valence-electron chi connectivity index (χ2n) is 10.2. The number of amides is 1. The Hall–Kier alpha value is -3.24. The fourth-order valence-electron chi connectivity index (χ4n) is 5.36. The van der Waals surface area contributed by atoms with Gasteiger partial charge in [0.15, 0.2) is 17.0 Å². The molecule has 0 N–H and O–H groups in total. The highest BCUT2D eigenvalue weighted by Crippen LogP contribution is 2.36. The maximum absolute atomic E-state index is 13.6. The Morgan fingerprint density at radius 3 is 2.68 bits per heavy atom. The fraction of sp³-hybridized carbons (Fsp3) is 0.519. The van der Waals surface area contributed by atoms with Gasteiger partial charge in [0.2, 0.25) is 11.2 Å². The maximum atomic E-state index is 13.6. The zero-order valence-corrected chi connectivity index (χ0v) is 21.9. The summed E-state index contributed by atoms with van der Waals surface area (Å²) in [5.74, 6) is 0.0539. The molecule has 38 heavy (non-hydrogen) atoms. The van der Waals surface area contributed by atoms with Crippen LogP contribution < -0.4 is 4.90 Å². The van der Waals surface area contributed by atoms with Gasteiger partial charge in [-0.1, -0.05) is 30.3 Å². The lowest BCUT2D eigenvalue weighted by atomic mass is 10.2. The van der Waals surface area contributed by atoms with Gasteiger partial charge in [0.1, 0.15) is 18.9 Å². The van der Waals surface area contributed by atoms with Crippen LogP contribution in [0.5, 0.6) is 0 Å². The highest BCUT2D eigenvalue weighted by atomic mass is 35.5. The van der Waals surface area contributed by atoms with Gasteiger partial charge in [-0.3, -0.25) is 9.36 Å². The summed E-state index contributed by atoms with van der Waals surface area (Å²) in [7, 11) is 0. The predicted octanol–water partition coefficient (Wildman–Crippen LogP) is 3.88. The largest absolute Gasteiger partial charge is 0.459 e. The second kappa shape index (κ2) is 10.9. The van der Waals surface area contributed by atoms with Crippen LogP contribution >= 0.6 is 11.6 Å². The molecular weight excluding hydrogens is 508 g/mol. The number of imidazole rings is 1. The van der Waals surface area contributed by atoms with Crippen molar-refractivity contribution in [2.75, 3.05) is 24.6 Å². The van der Waals surface area contributed by atoms with Crippen LogP contribution in [0.15, 0.2) is 36.7 Å². The normalized spacial score (nSPS) is 21.6. The number of likely N-dealkylation sites (tertiary alicyclic amines) is 1. The molecule has 200 valence electrons. The molecule has 3 fully saturated rings. The first-order chi connectivity index (χ1) is 18.6. The number of nitrogens with zero attached hydrogens (tertiary/aromatic N) is 6. The van der Waals surface area contributed by atoms with E-state index >= 15 is 0 Å². The van der Waals surface area contributed by atoms with Crippen molar-refractivity contribution in [2.24, 2.45) is 0 Å². The van der Waals surface area contributed by atoms with E-state index in [0.29, 0.717) is 36.6 Å².